The fourth-order valence-electron chi connectivity index (χ4n) is 2.59. The third-order valence-corrected chi connectivity index (χ3v) is 4.89. The Hall–Kier alpha value is -2.66. The fourth-order valence-corrected chi connectivity index (χ4v) is 3.11. The highest BCUT2D eigenvalue weighted by Gasteiger charge is 2.08. The van der Waals surface area contributed by atoms with Crippen LogP contribution in [0.15, 0.2) is 80.7 Å². The largest absolute Gasteiger partial charge is 0.383 e. The lowest BCUT2D eigenvalue weighted by molar-refractivity contribution is 0.570. The topological polar surface area (TPSA) is 67.8 Å². The highest BCUT2D eigenvalue weighted by atomic mass is 32.2. The number of benzene rings is 1. The van der Waals surface area contributed by atoms with E-state index in [9.17, 15) is 4.79 Å². The second kappa shape index (κ2) is 12.7. The van der Waals surface area contributed by atoms with Gasteiger partial charge in [-0.15, -0.1) is 0 Å². The van der Waals surface area contributed by atoms with E-state index >= 15 is 0 Å². The smallest absolute Gasteiger partial charge is 0.181 e. The summed E-state index contributed by atoms with van der Waals surface area (Å²) in [5, 5.41) is 0. The molecule has 148 valence electrons. The number of hydrogen-bond acceptors (Lipinski definition) is 4. The average molecular weight is 396 g/mol. The molecular weight excluding hydrogens is 366 g/mol. The summed E-state index contributed by atoms with van der Waals surface area (Å²) in [6.45, 7) is 6.29. The maximum atomic E-state index is 10.6. The van der Waals surface area contributed by atoms with Crippen molar-refractivity contribution in [3.05, 3.63) is 81.8 Å². The maximum absolute atomic E-state index is 10.6. The van der Waals surface area contributed by atoms with Crippen LogP contribution in [0.4, 0.5) is 0 Å². The summed E-state index contributed by atoms with van der Waals surface area (Å²) in [4.78, 5) is 19.4. The first-order chi connectivity index (χ1) is 13.5. The zero-order chi connectivity index (χ0) is 20.9. The summed E-state index contributed by atoms with van der Waals surface area (Å²) in [6.07, 6.45) is 10.8. The molecule has 0 atom stereocenters. The Bertz CT molecular complexity index is 858. The lowest BCUT2D eigenvalue weighted by Gasteiger charge is -2.10. The molecule has 0 heterocycles. The van der Waals surface area contributed by atoms with Gasteiger partial charge in [-0.25, -0.2) is 0 Å². The summed E-state index contributed by atoms with van der Waals surface area (Å²) in [6, 6.07) is 8.49. The molecule has 0 aliphatic heterocycles. The van der Waals surface area contributed by atoms with Crippen molar-refractivity contribution in [2.45, 2.75) is 27.2 Å². The number of thioether (sulfide) groups is 1. The van der Waals surface area contributed by atoms with Crippen LogP contribution in [0.2, 0.25) is 0 Å². The Morgan fingerprint density at radius 2 is 1.93 bits per heavy atom. The number of rotatable bonds is 5. The molecule has 2 rings (SSSR count). The third kappa shape index (κ3) is 7.16. The third-order valence-electron chi connectivity index (χ3n) is 4.21. The number of aliphatic imine (C=N–C) groups is 2. The summed E-state index contributed by atoms with van der Waals surface area (Å²) >= 11 is 1.02. The predicted molar refractivity (Wildman–Crippen MR) is 125 cm³/mol. The zero-order valence-electron chi connectivity index (χ0n) is 17.3. The van der Waals surface area contributed by atoms with Crippen molar-refractivity contribution < 1.29 is 4.79 Å². The maximum Gasteiger partial charge on any atom is 0.181 e. The molecule has 0 bridgehead atoms. The van der Waals surface area contributed by atoms with E-state index in [4.69, 9.17) is 5.73 Å². The van der Waals surface area contributed by atoms with Crippen molar-refractivity contribution in [3.63, 3.8) is 0 Å². The molecule has 1 aliphatic rings. The molecule has 4 nitrogen and oxygen atoms in total. The lowest BCUT2D eigenvalue weighted by atomic mass is 9.99. The van der Waals surface area contributed by atoms with E-state index in [0.29, 0.717) is 10.7 Å². The van der Waals surface area contributed by atoms with Crippen LogP contribution in [0.5, 0.6) is 0 Å². The van der Waals surface area contributed by atoms with E-state index in [1.54, 1.807) is 14.1 Å². The second-order valence-corrected chi connectivity index (χ2v) is 6.81. The summed E-state index contributed by atoms with van der Waals surface area (Å²) < 4.78 is 0. The number of amidine groups is 1. The van der Waals surface area contributed by atoms with Gasteiger partial charge in [0.1, 0.15) is 5.84 Å². The molecule has 28 heavy (non-hydrogen) atoms. The van der Waals surface area contributed by atoms with Crippen molar-refractivity contribution in [2.75, 3.05) is 14.1 Å². The molecule has 0 amide bonds. The van der Waals surface area contributed by atoms with Gasteiger partial charge in [-0.3, -0.25) is 14.8 Å². The molecule has 1 aromatic rings. The van der Waals surface area contributed by atoms with Crippen molar-refractivity contribution in [3.8, 4) is 0 Å². The van der Waals surface area contributed by atoms with Crippen LogP contribution in [0.3, 0.4) is 0 Å². The molecule has 2 N–H and O–H groups in total. The van der Waals surface area contributed by atoms with E-state index in [0.717, 1.165) is 40.7 Å². The van der Waals surface area contributed by atoms with Crippen molar-refractivity contribution in [2.24, 2.45) is 15.7 Å². The Morgan fingerprint density at radius 3 is 2.43 bits per heavy atom. The van der Waals surface area contributed by atoms with Gasteiger partial charge in [-0.05, 0) is 60.8 Å². The number of carbonyl (C=O) groups is 1. The van der Waals surface area contributed by atoms with E-state index in [1.807, 2.05) is 37.3 Å². The standard InChI is InChI=1S/C14H17N3OS.C9H12/c1-4-11-7-10(5-6-12(11)16-2)8-13(19-9-18)14(15)17-3;1-3-9-7-5-4-6-8(9)2/h4-9H,1-3H3,(H2,15,17);4-7H,3H2,1-2H3/b11-4-,13-8-,16-12?;. The normalized spacial score (nSPS) is 17.2. The fraction of sp³-hybridized carbons (Fsp3) is 0.261. The zero-order valence-corrected chi connectivity index (χ0v) is 18.1. The number of allylic oxidation sites excluding steroid dienone is 7. The minimum absolute atomic E-state index is 0.350. The molecule has 0 aromatic heterocycles. The van der Waals surface area contributed by atoms with Crippen LogP contribution in [0, 0.1) is 6.92 Å². The van der Waals surface area contributed by atoms with Gasteiger partial charge in [0.15, 0.2) is 5.62 Å². The van der Waals surface area contributed by atoms with Crippen LogP contribution < -0.4 is 5.73 Å². The average Bonchev–Trinajstić information content (AvgIpc) is 2.73. The van der Waals surface area contributed by atoms with E-state index in [-0.39, 0.29) is 0 Å². The van der Waals surface area contributed by atoms with Crippen molar-refractivity contribution in [1.82, 2.24) is 0 Å². The first-order valence-corrected chi connectivity index (χ1v) is 10.0. The molecule has 0 unspecified atom stereocenters. The Kier molecular flexibility index (Phi) is 10.6. The van der Waals surface area contributed by atoms with Crippen LogP contribution in [-0.2, 0) is 11.2 Å². The molecule has 1 aliphatic carbocycles. The minimum Gasteiger partial charge on any atom is -0.383 e. The van der Waals surface area contributed by atoms with Crippen molar-refractivity contribution >= 4 is 28.9 Å². The number of hydrogen-bond donors (Lipinski definition) is 1. The highest BCUT2D eigenvalue weighted by Crippen LogP contribution is 2.20. The summed E-state index contributed by atoms with van der Waals surface area (Å²) in [5.74, 6) is 0.350. The van der Waals surface area contributed by atoms with Gasteiger partial charge in [0.25, 0.3) is 0 Å². The molecule has 5 heteroatoms. The number of nitrogens with two attached hydrogens (primary N) is 1. The van der Waals surface area contributed by atoms with Crippen LogP contribution >= 0.6 is 11.8 Å². The number of carbonyl (C=O) groups excluding carboxylic acids is 1. The quantitative estimate of drug-likeness (QED) is 0.440. The van der Waals surface area contributed by atoms with Gasteiger partial charge in [-0.2, -0.15) is 0 Å². The minimum atomic E-state index is 0.350. The lowest BCUT2D eigenvalue weighted by Crippen LogP contribution is -2.13. The van der Waals surface area contributed by atoms with Gasteiger partial charge >= 0.3 is 0 Å². The first-order valence-electron chi connectivity index (χ1n) is 9.13. The Labute approximate surface area is 172 Å². The number of aryl methyl sites for hydroxylation is 2. The van der Waals surface area contributed by atoms with Crippen LogP contribution in [0.25, 0.3) is 0 Å². The van der Waals surface area contributed by atoms with Crippen LogP contribution in [0.1, 0.15) is 25.0 Å². The Morgan fingerprint density at radius 1 is 1.21 bits per heavy atom. The molecule has 0 saturated carbocycles. The molecule has 1 aromatic carbocycles. The molecule has 0 spiro atoms. The van der Waals surface area contributed by atoms with E-state index in [2.05, 4.69) is 48.1 Å². The van der Waals surface area contributed by atoms with E-state index in [1.165, 1.54) is 11.1 Å². The number of nitrogens with zero attached hydrogens (tertiary/aromatic N) is 2. The summed E-state index contributed by atoms with van der Waals surface area (Å²) in [7, 11) is 3.35. The predicted octanol–water partition coefficient (Wildman–Crippen LogP) is 4.85. The van der Waals surface area contributed by atoms with Gasteiger partial charge in [0, 0.05) is 14.1 Å². The van der Waals surface area contributed by atoms with Crippen molar-refractivity contribution in [1.29, 1.82) is 0 Å². The highest BCUT2D eigenvalue weighted by molar-refractivity contribution is 8.16. The SMILES string of the molecule is C/C=C1C=C(/C=C(\SC=O)C(N)=NC)C=CC/1=NC.CCc1ccccc1C. The molecular formula is C23H29N3OS. The Balaban J connectivity index is 0.000000362. The van der Waals surface area contributed by atoms with Gasteiger partial charge in [-0.1, -0.05) is 55.1 Å². The molecule has 0 fully saturated rings. The van der Waals surface area contributed by atoms with Gasteiger partial charge < -0.3 is 5.73 Å². The van der Waals surface area contributed by atoms with E-state index < -0.39 is 0 Å². The van der Waals surface area contributed by atoms with Gasteiger partial charge in [0.2, 0.25) is 0 Å². The molecule has 0 radical (unpaired) electrons. The summed E-state index contributed by atoms with van der Waals surface area (Å²) in [5.41, 5.74) is 12.3. The molecule has 0 saturated heterocycles. The second-order valence-electron chi connectivity index (χ2n) is 5.94. The first kappa shape index (κ1) is 23.4. The van der Waals surface area contributed by atoms with Gasteiger partial charge in [0.05, 0.1) is 10.6 Å². The monoisotopic (exact) mass is 395 g/mol. The van der Waals surface area contributed by atoms with Crippen LogP contribution in [-0.4, -0.2) is 31.3 Å².